The molecule has 0 saturated carbocycles. The lowest BCUT2D eigenvalue weighted by Crippen LogP contribution is -2.44. The number of halogens is 1. The third-order valence-corrected chi connectivity index (χ3v) is 3.91. The van der Waals surface area contributed by atoms with Crippen LogP contribution in [0.5, 0.6) is 0 Å². The van der Waals surface area contributed by atoms with E-state index >= 15 is 0 Å². The Bertz CT molecular complexity index is 712. The van der Waals surface area contributed by atoms with Gasteiger partial charge >= 0.3 is 0 Å². The molecule has 2 aromatic carbocycles. The van der Waals surface area contributed by atoms with E-state index < -0.39 is 17.4 Å². The van der Waals surface area contributed by atoms with E-state index in [4.69, 9.17) is 0 Å². The van der Waals surface area contributed by atoms with Gasteiger partial charge in [-0.1, -0.05) is 46.3 Å². The van der Waals surface area contributed by atoms with Crippen LogP contribution in [0.2, 0.25) is 0 Å². The minimum Gasteiger partial charge on any atom is -0.503 e. The molecule has 0 spiro atoms. The van der Waals surface area contributed by atoms with Gasteiger partial charge in [-0.25, -0.2) is 0 Å². The molecular formula is C16H12BrNO3. The zero-order valence-electron chi connectivity index (χ0n) is 10.9. The molecule has 2 N–H and O–H groups in total. The Hall–Kier alpha value is -2.11. The van der Waals surface area contributed by atoms with Crippen LogP contribution in [0.3, 0.4) is 0 Å². The number of aliphatic hydroxyl groups is 2. The molecule has 1 atom stereocenters. The molecule has 0 aliphatic carbocycles. The maximum atomic E-state index is 12.2. The summed E-state index contributed by atoms with van der Waals surface area (Å²) in [6.07, 6.45) is 1.16. The van der Waals surface area contributed by atoms with E-state index in [-0.39, 0.29) is 0 Å². The quantitative estimate of drug-likeness (QED) is 0.879. The van der Waals surface area contributed by atoms with Gasteiger partial charge in [-0.3, -0.25) is 9.69 Å². The summed E-state index contributed by atoms with van der Waals surface area (Å²) in [5.41, 5.74) is -0.698. The van der Waals surface area contributed by atoms with Crippen LogP contribution in [0.15, 0.2) is 70.9 Å². The van der Waals surface area contributed by atoms with Crippen molar-refractivity contribution in [1.29, 1.82) is 0 Å². The molecule has 0 unspecified atom stereocenters. The van der Waals surface area contributed by atoms with Crippen molar-refractivity contribution in [3.63, 3.8) is 0 Å². The summed E-state index contributed by atoms with van der Waals surface area (Å²) in [5.74, 6) is -1.10. The summed E-state index contributed by atoms with van der Waals surface area (Å²) in [5, 5.41) is 20.7. The fourth-order valence-corrected chi connectivity index (χ4v) is 2.65. The SMILES string of the molecule is O=C1C(O)=C[C@](O)(c2ccccc2)N1c1ccc(Br)cc1. The normalized spacial score (nSPS) is 21.5. The molecule has 0 radical (unpaired) electrons. The molecule has 106 valence electrons. The van der Waals surface area contributed by atoms with Crippen molar-refractivity contribution in [2.45, 2.75) is 5.72 Å². The molecule has 3 rings (SSSR count). The zero-order chi connectivity index (χ0) is 15.0. The number of hydrogen-bond donors (Lipinski definition) is 2. The van der Waals surface area contributed by atoms with Crippen molar-refractivity contribution in [1.82, 2.24) is 0 Å². The first-order chi connectivity index (χ1) is 10.0. The van der Waals surface area contributed by atoms with Crippen LogP contribution in [0.25, 0.3) is 0 Å². The first-order valence-corrected chi connectivity index (χ1v) is 7.11. The minimum atomic E-state index is -1.70. The van der Waals surface area contributed by atoms with Crippen molar-refractivity contribution in [2.75, 3.05) is 4.90 Å². The third-order valence-electron chi connectivity index (χ3n) is 3.38. The van der Waals surface area contributed by atoms with Gasteiger partial charge in [0.2, 0.25) is 0 Å². The van der Waals surface area contributed by atoms with E-state index in [2.05, 4.69) is 15.9 Å². The predicted molar refractivity (Wildman–Crippen MR) is 82.7 cm³/mol. The summed E-state index contributed by atoms with van der Waals surface area (Å²) >= 11 is 3.33. The predicted octanol–water partition coefficient (Wildman–Crippen LogP) is 3.08. The highest BCUT2D eigenvalue weighted by molar-refractivity contribution is 9.10. The molecule has 1 heterocycles. The fourth-order valence-electron chi connectivity index (χ4n) is 2.39. The average Bonchev–Trinajstić information content (AvgIpc) is 2.72. The monoisotopic (exact) mass is 345 g/mol. The van der Waals surface area contributed by atoms with Crippen LogP contribution in [0.1, 0.15) is 5.56 Å². The van der Waals surface area contributed by atoms with Gasteiger partial charge in [0.05, 0.1) is 0 Å². The molecular weight excluding hydrogens is 334 g/mol. The van der Waals surface area contributed by atoms with E-state index in [1.807, 2.05) is 6.07 Å². The van der Waals surface area contributed by atoms with Crippen molar-refractivity contribution in [3.05, 3.63) is 76.5 Å². The molecule has 2 aromatic rings. The highest BCUT2D eigenvalue weighted by atomic mass is 79.9. The fraction of sp³-hybridized carbons (Fsp3) is 0.0625. The summed E-state index contributed by atoms with van der Waals surface area (Å²) in [4.78, 5) is 13.4. The molecule has 5 heteroatoms. The van der Waals surface area contributed by atoms with Crippen LogP contribution in [-0.4, -0.2) is 16.1 Å². The van der Waals surface area contributed by atoms with Crippen molar-refractivity contribution in [3.8, 4) is 0 Å². The van der Waals surface area contributed by atoms with Gasteiger partial charge in [0, 0.05) is 21.8 Å². The first kappa shape index (κ1) is 13.9. The lowest BCUT2D eigenvalue weighted by atomic mass is 10.0. The van der Waals surface area contributed by atoms with Gasteiger partial charge in [0.1, 0.15) is 0 Å². The van der Waals surface area contributed by atoms with E-state index in [9.17, 15) is 15.0 Å². The number of carbonyl (C=O) groups excluding carboxylic acids is 1. The smallest absolute Gasteiger partial charge is 0.295 e. The third kappa shape index (κ3) is 2.24. The molecule has 4 nitrogen and oxygen atoms in total. The highest BCUT2D eigenvalue weighted by Crippen LogP contribution is 2.38. The van der Waals surface area contributed by atoms with Gasteiger partial charge in [-0.05, 0) is 24.3 Å². The summed E-state index contributed by atoms with van der Waals surface area (Å²) in [7, 11) is 0. The van der Waals surface area contributed by atoms with Crippen LogP contribution < -0.4 is 4.90 Å². The average molecular weight is 346 g/mol. The molecule has 0 aromatic heterocycles. The van der Waals surface area contributed by atoms with Gasteiger partial charge in [-0.2, -0.15) is 0 Å². The number of aliphatic hydroxyl groups excluding tert-OH is 1. The summed E-state index contributed by atoms with van der Waals surface area (Å²) < 4.78 is 0.860. The standard InChI is InChI=1S/C16H12BrNO3/c17-12-6-8-13(9-7-12)18-15(20)14(19)10-16(18,21)11-4-2-1-3-5-11/h1-10,19,21H/t16-/m0/s1. The van der Waals surface area contributed by atoms with Gasteiger partial charge in [0.25, 0.3) is 5.91 Å². The number of carbonyl (C=O) groups is 1. The van der Waals surface area contributed by atoms with Crippen LogP contribution in [0.4, 0.5) is 5.69 Å². The largest absolute Gasteiger partial charge is 0.503 e. The number of anilines is 1. The number of benzene rings is 2. The maximum absolute atomic E-state index is 12.2. The Morgan fingerprint density at radius 2 is 1.62 bits per heavy atom. The van der Waals surface area contributed by atoms with Gasteiger partial charge in [-0.15, -0.1) is 0 Å². The van der Waals surface area contributed by atoms with Crippen LogP contribution in [0, 0.1) is 0 Å². The number of amides is 1. The van der Waals surface area contributed by atoms with Crippen molar-refractivity contribution >= 4 is 27.5 Å². The van der Waals surface area contributed by atoms with E-state index in [1.54, 1.807) is 48.5 Å². The lowest BCUT2D eigenvalue weighted by Gasteiger charge is -2.33. The van der Waals surface area contributed by atoms with E-state index in [0.29, 0.717) is 11.3 Å². The van der Waals surface area contributed by atoms with E-state index in [1.165, 1.54) is 4.90 Å². The van der Waals surface area contributed by atoms with Crippen molar-refractivity contribution in [2.24, 2.45) is 0 Å². The van der Waals surface area contributed by atoms with Gasteiger partial charge < -0.3 is 10.2 Å². The second kappa shape index (κ2) is 5.02. The zero-order valence-corrected chi connectivity index (χ0v) is 12.5. The Kier molecular flexibility index (Phi) is 3.31. The Morgan fingerprint density at radius 1 is 1.00 bits per heavy atom. The van der Waals surface area contributed by atoms with Crippen LogP contribution in [-0.2, 0) is 10.5 Å². The number of nitrogens with zero attached hydrogens (tertiary/aromatic N) is 1. The molecule has 21 heavy (non-hydrogen) atoms. The minimum absolute atomic E-state index is 0.468. The lowest BCUT2D eigenvalue weighted by molar-refractivity contribution is -0.119. The number of hydrogen-bond acceptors (Lipinski definition) is 3. The second-order valence-corrected chi connectivity index (χ2v) is 5.65. The molecule has 0 saturated heterocycles. The Balaban J connectivity index is 2.13. The summed E-state index contributed by atoms with van der Waals surface area (Å²) in [6.45, 7) is 0. The van der Waals surface area contributed by atoms with E-state index in [0.717, 1.165) is 10.5 Å². The van der Waals surface area contributed by atoms with Crippen LogP contribution >= 0.6 is 15.9 Å². The molecule has 0 bridgehead atoms. The second-order valence-electron chi connectivity index (χ2n) is 4.74. The summed E-state index contributed by atoms with van der Waals surface area (Å²) in [6, 6.07) is 15.7. The Labute approximate surface area is 130 Å². The molecule has 1 amide bonds. The first-order valence-electron chi connectivity index (χ1n) is 6.32. The highest BCUT2D eigenvalue weighted by Gasteiger charge is 2.46. The number of rotatable bonds is 2. The molecule has 0 fully saturated rings. The van der Waals surface area contributed by atoms with Crippen molar-refractivity contribution < 1.29 is 15.0 Å². The Morgan fingerprint density at radius 3 is 2.24 bits per heavy atom. The maximum Gasteiger partial charge on any atom is 0.295 e. The van der Waals surface area contributed by atoms with Gasteiger partial charge in [0.15, 0.2) is 11.5 Å². The molecule has 1 aliphatic rings. The molecule has 1 aliphatic heterocycles. The topological polar surface area (TPSA) is 60.8 Å².